The van der Waals surface area contributed by atoms with Gasteiger partial charge >= 0.3 is 0 Å². The second kappa shape index (κ2) is 10.0. The summed E-state index contributed by atoms with van der Waals surface area (Å²) in [4.78, 5) is 28.0. The largest absolute Gasteiger partial charge is 0.378 e. The van der Waals surface area contributed by atoms with Crippen molar-refractivity contribution in [1.82, 2.24) is 14.8 Å². The van der Waals surface area contributed by atoms with Crippen molar-refractivity contribution in [2.75, 3.05) is 38.6 Å². The van der Waals surface area contributed by atoms with Gasteiger partial charge in [0.15, 0.2) is 0 Å². The van der Waals surface area contributed by atoms with Crippen LogP contribution in [0.4, 0.5) is 0 Å². The molecule has 1 aromatic heterocycles. The normalized spacial score (nSPS) is 14.0. The number of benzene rings is 2. The molecule has 1 aliphatic heterocycles. The predicted octanol–water partition coefficient (Wildman–Crippen LogP) is 3.33. The maximum Gasteiger partial charge on any atom is 0.251 e. The predicted molar refractivity (Wildman–Crippen MR) is 124 cm³/mol. The number of thioether (sulfide) groups is 1. The van der Waals surface area contributed by atoms with Crippen molar-refractivity contribution in [2.45, 2.75) is 18.4 Å². The summed E-state index contributed by atoms with van der Waals surface area (Å²) in [6.45, 7) is 5.70. The van der Waals surface area contributed by atoms with E-state index >= 15 is 0 Å². The van der Waals surface area contributed by atoms with E-state index in [2.05, 4.69) is 28.2 Å². The summed E-state index contributed by atoms with van der Waals surface area (Å²) >= 11 is 1.57. The fourth-order valence-electron chi connectivity index (χ4n) is 3.77. The molecule has 0 radical (unpaired) electrons. The number of amides is 2. The lowest BCUT2D eigenvalue weighted by Crippen LogP contribution is -2.41. The monoisotopic (exact) mass is 437 g/mol. The Morgan fingerprint density at radius 1 is 1.06 bits per heavy atom. The van der Waals surface area contributed by atoms with Gasteiger partial charge < -0.3 is 19.5 Å². The first-order valence-electron chi connectivity index (χ1n) is 10.5. The Morgan fingerprint density at radius 3 is 2.61 bits per heavy atom. The number of hydrogen-bond donors (Lipinski definition) is 1. The Morgan fingerprint density at radius 2 is 1.81 bits per heavy atom. The molecule has 1 aliphatic rings. The lowest BCUT2D eigenvalue weighted by atomic mass is 10.1. The van der Waals surface area contributed by atoms with E-state index in [0.29, 0.717) is 50.7 Å². The van der Waals surface area contributed by atoms with Crippen LogP contribution >= 0.6 is 11.8 Å². The van der Waals surface area contributed by atoms with Crippen LogP contribution in [-0.2, 0) is 16.1 Å². The highest BCUT2D eigenvalue weighted by molar-refractivity contribution is 8.00. The molecule has 0 bridgehead atoms. The summed E-state index contributed by atoms with van der Waals surface area (Å²) in [5, 5.41) is 4.15. The zero-order chi connectivity index (χ0) is 21.6. The van der Waals surface area contributed by atoms with E-state index in [1.165, 1.54) is 0 Å². The Balaban J connectivity index is 1.40. The summed E-state index contributed by atoms with van der Waals surface area (Å²) in [6.07, 6.45) is 2.09. The number of nitrogens with one attached hydrogen (secondary N) is 1. The Labute approximate surface area is 186 Å². The third kappa shape index (κ3) is 5.11. The van der Waals surface area contributed by atoms with Crippen LogP contribution in [0.5, 0.6) is 0 Å². The fourth-order valence-corrected chi connectivity index (χ4v) is 4.76. The standard InChI is InChI=1S/C24H27N3O3S/c1-18-6-2-3-7-19(18)24(29)25-10-11-27-16-22(20-8-4-5-9-21(20)27)31-17-23(28)26-12-14-30-15-13-26/h2-9,16H,10-15,17H2,1H3,(H,25,29). The number of carbonyl (C=O) groups is 2. The average Bonchev–Trinajstić information content (AvgIpc) is 3.16. The molecule has 1 saturated heterocycles. The van der Waals surface area contributed by atoms with Gasteiger partial charge in [0.1, 0.15) is 0 Å². The van der Waals surface area contributed by atoms with E-state index < -0.39 is 0 Å². The second-order valence-corrected chi connectivity index (χ2v) is 8.57. The molecule has 2 amide bonds. The summed E-state index contributed by atoms with van der Waals surface area (Å²) in [7, 11) is 0. The molecule has 0 atom stereocenters. The van der Waals surface area contributed by atoms with Gasteiger partial charge in [0.2, 0.25) is 5.91 Å². The molecular weight excluding hydrogens is 410 g/mol. The number of para-hydroxylation sites is 1. The quantitative estimate of drug-likeness (QED) is 0.576. The van der Waals surface area contributed by atoms with Gasteiger partial charge in [0, 0.05) is 53.7 Å². The van der Waals surface area contributed by atoms with Crippen LogP contribution in [0, 0.1) is 6.92 Å². The van der Waals surface area contributed by atoms with Crippen molar-refractivity contribution >= 4 is 34.5 Å². The Kier molecular flexibility index (Phi) is 6.94. The number of carbonyl (C=O) groups excluding carboxylic acids is 2. The minimum atomic E-state index is -0.0553. The van der Waals surface area contributed by atoms with E-state index in [1.807, 2.05) is 48.2 Å². The molecule has 2 aromatic carbocycles. The minimum absolute atomic E-state index is 0.0553. The third-order valence-corrected chi connectivity index (χ3v) is 6.52. The van der Waals surface area contributed by atoms with Crippen LogP contribution in [0.2, 0.25) is 0 Å². The molecule has 0 saturated carbocycles. The lowest BCUT2D eigenvalue weighted by Gasteiger charge is -2.26. The summed E-state index contributed by atoms with van der Waals surface area (Å²) in [5.74, 6) is 0.508. The third-order valence-electron chi connectivity index (χ3n) is 5.49. The van der Waals surface area contributed by atoms with Gasteiger partial charge in [-0.15, -0.1) is 11.8 Å². The Bertz CT molecular complexity index is 1070. The van der Waals surface area contributed by atoms with Gasteiger partial charge in [0.05, 0.1) is 19.0 Å². The van der Waals surface area contributed by atoms with E-state index in [1.54, 1.807) is 11.8 Å². The number of aromatic nitrogens is 1. The van der Waals surface area contributed by atoms with Gasteiger partial charge in [-0.3, -0.25) is 9.59 Å². The van der Waals surface area contributed by atoms with Gasteiger partial charge in [-0.25, -0.2) is 0 Å². The van der Waals surface area contributed by atoms with Crippen molar-refractivity contribution in [3.8, 4) is 0 Å². The fraction of sp³-hybridized carbons (Fsp3) is 0.333. The van der Waals surface area contributed by atoms with Crippen molar-refractivity contribution in [3.63, 3.8) is 0 Å². The van der Waals surface area contributed by atoms with Gasteiger partial charge in [-0.05, 0) is 24.6 Å². The first-order valence-corrected chi connectivity index (χ1v) is 11.5. The zero-order valence-corrected chi connectivity index (χ0v) is 18.5. The summed E-state index contributed by atoms with van der Waals surface area (Å²) in [5.41, 5.74) is 2.78. The number of nitrogens with zero attached hydrogens (tertiary/aromatic N) is 2. The van der Waals surface area contributed by atoms with E-state index in [-0.39, 0.29) is 11.8 Å². The molecule has 0 unspecified atom stereocenters. The molecule has 31 heavy (non-hydrogen) atoms. The van der Waals surface area contributed by atoms with E-state index in [4.69, 9.17) is 4.74 Å². The first kappa shape index (κ1) is 21.5. The molecule has 0 aliphatic carbocycles. The molecule has 7 heteroatoms. The maximum absolute atomic E-state index is 12.5. The molecule has 2 heterocycles. The molecule has 4 rings (SSSR count). The van der Waals surface area contributed by atoms with Crippen molar-refractivity contribution in [3.05, 3.63) is 65.9 Å². The van der Waals surface area contributed by atoms with Gasteiger partial charge in [-0.2, -0.15) is 0 Å². The number of fused-ring (bicyclic) bond motifs is 1. The highest BCUT2D eigenvalue weighted by Gasteiger charge is 2.18. The summed E-state index contributed by atoms with van der Waals surface area (Å²) in [6, 6.07) is 15.8. The second-order valence-electron chi connectivity index (χ2n) is 7.56. The van der Waals surface area contributed by atoms with E-state index in [0.717, 1.165) is 21.4 Å². The molecule has 6 nitrogen and oxygen atoms in total. The molecule has 162 valence electrons. The molecule has 3 aromatic rings. The van der Waals surface area contributed by atoms with Crippen LogP contribution in [0.15, 0.2) is 59.6 Å². The zero-order valence-electron chi connectivity index (χ0n) is 17.7. The maximum atomic E-state index is 12.5. The number of rotatable bonds is 7. The van der Waals surface area contributed by atoms with Crippen LogP contribution < -0.4 is 5.32 Å². The highest BCUT2D eigenvalue weighted by atomic mass is 32.2. The smallest absolute Gasteiger partial charge is 0.251 e. The van der Waals surface area contributed by atoms with Crippen LogP contribution in [0.3, 0.4) is 0 Å². The minimum Gasteiger partial charge on any atom is -0.378 e. The van der Waals surface area contributed by atoms with E-state index in [9.17, 15) is 9.59 Å². The van der Waals surface area contributed by atoms with Crippen molar-refractivity contribution in [1.29, 1.82) is 0 Å². The molecule has 0 spiro atoms. The van der Waals surface area contributed by atoms with Crippen LogP contribution in [0.25, 0.3) is 10.9 Å². The molecular formula is C24H27N3O3S. The average molecular weight is 438 g/mol. The van der Waals surface area contributed by atoms with Crippen molar-refractivity contribution in [2.24, 2.45) is 0 Å². The number of ether oxygens (including phenoxy) is 1. The number of hydrogen-bond acceptors (Lipinski definition) is 4. The SMILES string of the molecule is Cc1ccccc1C(=O)NCCn1cc(SCC(=O)N2CCOCC2)c2ccccc21. The van der Waals surface area contributed by atoms with Crippen LogP contribution in [0.1, 0.15) is 15.9 Å². The highest BCUT2D eigenvalue weighted by Crippen LogP contribution is 2.30. The number of aryl methyl sites for hydroxylation is 1. The Hall–Kier alpha value is -2.77. The summed E-state index contributed by atoms with van der Waals surface area (Å²) < 4.78 is 7.48. The van der Waals surface area contributed by atoms with Gasteiger partial charge in [0.25, 0.3) is 5.91 Å². The molecule has 1 fully saturated rings. The van der Waals surface area contributed by atoms with Crippen molar-refractivity contribution < 1.29 is 14.3 Å². The lowest BCUT2D eigenvalue weighted by molar-refractivity contribution is -0.132. The molecule has 1 N–H and O–H groups in total. The number of morpholine rings is 1. The van der Waals surface area contributed by atoms with Gasteiger partial charge in [-0.1, -0.05) is 36.4 Å². The first-order chi connectivity index (χ1) is 15.1. The van der Waals surface area contributed by atoms with Crippen LogP contribution in [-0.4, -0.2) is 59.9 Å². The topological polar surface area (TPSA) is 63.6 Å².